The first-order valence-electron chi connectivity index (χ1n) is 10.3. The van der Waals surface area contributed by atoms with Crippen LogP contribution in [-0.4, -0.2) is 31.9 Å². The molecule has 4 heterocycles. The van der Waals surface area contributed by atoms with Crippen LogP contribution in [0.15, 0.2) is 47.8 Å². The molecule has 0 unspecified atom stereocenters. The van der Waals surface area contributed by atoms with Crippen LogP contribution in [0.25, 0.3) is 28.1 Å². The Bertz CT molecular complexity index is 1390. The predicted octanol–water partition coefficient (Wildman–Crippen LogP) is 4.15. The minimum atomic E-state index is -4.59. The number of methoxy groups -OCH3 is 1. The first-order chi connectivity index (χ1) is 16.3. The van der Waals surface area contributed by atoms with E-state index in [-0.39, 0.29) is 23.7 Å². The number of nitrogens with zero attached hydrogens (tertiary/aromatic N) is 5. The van der Waals surface area contributed by atoms with Gasteiger partial charge in [0.15, 0.2) is 0 Å². The summed E-state index contributed by atoms with van der Waals surface area (Å²) in [5, 5.41) is 0.401. The van der Waals surface area contributed by atoms with Gasteiger partial charge in [-0.15, -0.1) is 0 Å². The van der Waals surface area contributed by atoms with Crippen molar-refractivity contribution < 1.29 is 22.3 Å². The summed E-state index contributed by atoms with van der Waals surface area (Å²) in [6.07, 6.45) is -1.33. The van der Waals surface area contributed by atoms with Crippen LogP contribution in [-0.2, 0) is 25.8 Å². The van der Waals surface area contributed by atoms with Gasteiger partial charge >= 0.3 is 6.18 Å². The fourth-order valence-electron chi connectivity index (χ4n) is 3.97. The molecule has 2 N–H and O–H groups in total. The number of nitrogens with two attached hydrogens (primary N) is 1. The van der Waals surface area contributed by atoms with Crippen LogP contribution in [0.3, 0.4) is 0 Å². The Kier molecular flexibility index (Phi) is 5.20. The van der Waals surface area contributed by atoms with Gasteiger partial charge in [-0.1, -0.05) is 6.58 Å². The lowest BCUT2D eigenvalue weighted by atomic mass is 10.1. The fraction of sp³-hybridized carbons (Fsp3) is 0.217. The molecule has 1 aromatic carbocycles. The summed E-state index contributed by atoms with van der Waals surface area (Å²) in [4.78, 5) is 18.8. The molecule has 0 spiro atoms. The van der Waals surface area contributed by atoms with Gasteiger partial charge in [-0.2, -0.15) is 13.2 Å². The molecular weight excluding hydrogens is 449 g/mol. The van der Waals surface area contributed by atoms with Gasteiger partial charge in [0.05, 0.1) is 31.6 Å². The highest BCUT2D eigenvalue weighted by molar-refractivity contribution is 5.96. The Morgan fingerprint density at radius 2 is 2.03 bits per heavy atom. The van der Waals surface area contributed by atoms with E-state index >= 15 is 0 Å². The minimum Gasteiger partial charge on any atom is -0.494 e. The van der Waals surface area contributed by atoms with Gasteiger partial charge < -0.3 is 19.8 Å². The van der Waals surface area contributed by atoms with Crippen LogP contribution < -0.4 is 10.5 Å². The molecule has 5 rings (SSSR count). The van der Waals surface area contributed by atoms with Crippen molar-refractivity contribution in [2.75, 3.05) is 7.11 Å². The standard InChI is InChI=1S/C23H19F3N6O2/c1-12(32-9-13-8-28-11-29-16(13)10-32)20-18(7-27)34-22(31-20)15-3-5-17(33-2)21-14(15)4-6-19(30-21)23(24,25)26/h3-6,8,11H,1,7,9-10,27H2,2H3. The lowest BCUT2D eigenvalue weighted by molar-refractivity contribution is -0.140. The van der Waals surface area contributed by atoms with Gasteiger partial charge in [0.2, 0.25) is 5.89 Å². The topological polar surface area (TPSA) is 103 Å². The largest absolute Gasteiger partial charge is 0.494 e. The van der Waals surface area contributed by atoms with Crippen molar-refractivity contribution >= 4 is 16.6 Å². The van der Waals surface area contributed by atoms with Crippen LogP contribution in [0.4, 0.5) is 13.2 Å². The van der Waals surface area contributed by atoms with Crippen molar-refractivity contribution in [2.45, 2.75) is 25.8 Å². The van der Waals surface area contributed by atoms with Crippen LogP contribution in [0.5, 0.6) is 5.75 Å². The van der Waals surface area contributed by atoms with E-state index in [4.69, 9.17) is 14.9 Å². The third-order valence-corrected chi connectivity index (χ3v) is 5.68. The number of rotatable bonds is 5. The normalized spacial score (nSPS) is 13.4. The zero-order chi connectivity index (χ0) is 24.0. The zero-order valence-electron chi connectivity index (χ0n) is 18.1. The lowest BCUT2D eigenvalue weighted by Gasteiger charge is -2.18. The van der Waals surface area contributed by atoms with Crippen LogP contribution >= 0.6 is 0 Å². The molecule has 0 amide bonds. The summed E-state index contributed by atoms with van der Waals surface area (Å²) >= 11 is 0. The average Bonchev–Trinajstić information content (AvgIpc) is 3.46. The van der Waals surface area contributed by atoms with E-state index in [1.54, 1.807) is 12.3 Å². The van der Waals surface area contributed by atoms with E-state index in [1.807, 2.05) is 4.90 Å². The van der Waals surface area contributed by atoms with Crippen molar-refractivity contribution in [1.29, 1.82) is 0 Å². The van der Waals surface area contributed by atoms with Crippen molar-refractivity contribution in [3.05, 3.63) is 71.8 Å². The number of hydrogen-bond donors (Lipinski definition) is 1. The number of alkyl halides is 3. The summed E-state index contributed by atoms with van der Waals surface area (Å²) in [7, 11) is 1.37. The third-order valence-electron chi connectivity index (χ3n) is 5.68. The van der Waals surface area contributed by atoms with Crippen LogP contribution in [0.2, 0.25) is 0 Å². The van der Waals surface area contributed by atoms with E-state index < -0.39 is 11.9 Å². The quantitative estimate of drug-likeness (QED) is 0.466. The number of oxazole rings is 1. The molecule has 0 fully saturated rings. The monoisotopic (exact) mass is 468 g/mol. The van der Waals surface area contributed by atoms with Gasteiger partial charge in [-0.25, -0.2) is 19.9 Å². The molecule has 8 nitrogen and oxygen atoms in total. The van der Waals surface area contributed by atoms with Gasteiger partial charge in [-0.05, 0) is 24.3 Å². The Morgan fingerprint density at radius 1 is 1.21 bits per heavy atom. The molecule has 4 aromatic rings. The maximum Gasteiger partial charge on any atom is 0.433 e. The molecule has 3 aromatic heterocycles. The first kappa shape index (κ1) is 21.8. The molecule has 0 atom stereocenters. The van der Waals surface area contributed by atoms with Gasteiger partial charge in [-0.3, -0.25) is 0 Å². The van der Waals surface area contributed by atoms with E-state index in [0.717, 1.165) is 17.3 Å². The number of fused-ring (bicyclic) bond motifs is 2. The second kappa shape index (κ2) is 8.10. The number of ether oxygens (including phenoxy) is 1. The Balaban J connectivity index is 1.56. The Labute approximate surface area is 191 Å². The number of halogens is 3. The van der Waals surface area contributed by atoms with Crippen LogP contribution in [0, 0.1) is 0 Å². The molecule has 0 bridgehead atoms. The zero-order valence-corrected chi connectivity index (χ0v) is 18.1. The first-order valence-corrected chi connectivity index (χ1v) is 10.3. The second-order valence-corrected chi connectivity index (χ2v) is 7.70. The summed E-state index contributed by atoms with van der Waals surface area (Å²) in [6.45, 7) is 5.34. The van der Waals surface area contributed by atoms with Crippen molar-refractivity contribution in [3.63, 3.8) is 0 Å². The lowest BCUT2D eigenvalue weighted by Crippen LogP contribution is -2.15. The molecule has 1 aliphatic heterocycles. The fourth-order valence-corrected chi connectivity index (χ4v) is 3.97. The Hall–Kier alpha value is -3.99. The third kappa shape index (κ3) is 3.63. The molecule has 34 heavy (non-hydrogen) atoms. The number of benzene rings is 1. The number of pyridine rings is 1. The van der Waals surface area contributed by atoms with Crippen molar-refractivity contribution in [3.8, 4) is 17.2 Å². The smallest absolute Gasteiger partial charge is 0.433 e. The molecular formula is C23H19F3N6O2. The molecule has 174 valence electrons. The van der Waals surface area contributed by atoms with Crippen molar-refractivity contribution in [1.82, 2.24) is 24.8 Å². The highest BCUT2D eigenvalue weighted by atomic mass is 19.4. The highest BCUT2D eigenvalue weighted by Gasteiger charge is 2.33. The Morgan fingerprint density at radius 3 is 2.74 bits per heavy atom. The van der Waals surface area contributed by atoms with E-state index in [2.05, 4.69) is 26.5 Å². The van der Waals surface area contributed by atoms with E-state index in [9.17, 15) is 13.2 Å². The molecule has 0 saturated carbocycles. The summed E-state index contributed by atoms with van der Waals surface area (Å²) in [5.74, 6) is 0.809. The number of aromatic nitrogens is 4. The highest BCUT2D eigenvalue weighted by Crippen LogP contribution is 2.38. The average molecular weight is 468 g/mol. The molecule has 0 aliphatic carbocycles. The predicted molar refractivity (Wildman–Crippen MR) is 117 cm³/mol. The summed E-state index contributed by atoms with van der Waals surface area (Å²) in [6, 6.07) is 5.44. The van der Waals surface area contributed by atoms with Gasteiger partial charge in [0, 0.05) is 29.3 Å². The molecule has 0 radical (unpaired) electrons. The van der Waals surface area contributed by atoms with Gasteiger partial charge in [0.25, 0.3) is 0 Å². The maximum absolute atomic E-state index is 13.2. The van der Waals surface area contributed by atoms with E-state index in [0.29, 0.717) is 41.2 Å². The summed E-state index contributed by atoms with van der Waals surface area (Å²) in [5.41, 5.74) is 8.38. The molecule has 0 saturated heterocycles. The van der Waals surface area contributed by atoms with Gasteiger partial charge in [0.1, 0.15) is 34.7 Å². The van der Waals surface area contributed by atoms with E-state index in [1.165, 1.54) is 25.6 Å². The molecule has 1 aliphatic rings. The van der Waals surface area contributed by atoms with Crippen molar-refractivity contribution in [2.24, 2.45) is 5.73 Å². The van der Waals surface area contributed by atoms with Crippen LogP contribution in [0.1, 0.15) is 28.4 Å². The summed E-state index contributed by atoms with van der Waals surface area (Å²) < 4.78 is 50.9. The number of hydrogen-bond acceptors (Lipinski definition) is 8. The SMILES string of the molecule is C=C(c1nc(-c2ccc(OC)c3nc(C(F)(F)F)ccc23)oc1CN)N1Cc2cncnc2C1. The minimum absolute atomic E-state index is 0.0521. The molecule has 11 heteroatoms. The maximum atomic E-state index is 13.2. The second-order valence-electron chi connectivity index (χ2n) is 7.70.